The molecule has 1 aliphatic rings. The van der Waals surface area contributed by atoms with Crippen LogP contribution in [0.2, 0.25) is 0 Å². The summed E-state index contributed by atoms with van der Waals surface area (Å²) < 4.78 is 2.29. The quantitative estimate of drug-likeness (QED) is 0.619. The van der Waals surface area contributed by atoms with Crippen molar-refractivity contribution in [2.24, 2.45) is 0 Å². The lowest BCUT2D eigenvalue weighted by molar-refractivity contribution is -0.409. The highest BCUT2D eigenvalue weighted by Crippen LogP contribution is 2.33. The molecule has 4 rings (SSSR count). The number of aromatic nitrogens is 1. The number of hydrogen-bond donors (Lipinski definition) is 0. The topological polar surface area (TPSA) is 15.9 Å². The molecule has 21 heavy (non-hydrogen) atoms. The number of para-hydroxylation sites is 1. The smallest absolute Gasteiger partial charge is 0.232 e. The molecule has 0 amide bonds. The molecule has 0 saturated carbocycles. The summed E-state index contributed by atoms with van der Waals surface area (Å²) in [6, 6.07) is 16.9. The summed E-state index contributed by atoms with van der Waals surface area (Å²) >= 11 is 1.89. The maximum Gasteiger partial charge on any atom is 0.232 e. The molecule has 1 aromatic heterocycles. The Labute approximate surface area is 128 Å². The van der Waals surface area contributed by atoms with Gasteiger partial charge in [-0.15, -0.1) is 0 Å². The van der Waals surface area contributed by atoms with Gasteiger partial charge in [0.25, 0.3) is 0 Å². The Bertz CT molecular complexity index is 863. The van der Waals surface area contributed by atoms with E-state index in [9.17, 15) is 0 Å². The molecule has 0 atom stereocenters. The third kappa shape index (κ3) is 2.14. The fourth-order valence-electron chi connectivity index (χ4n) is 2.77. The maximum atomic E-state index is 4.56. The number of pyridine rings is 1. The Kier molecular flexibility index (Phi) is 3.00. The van der Waals surface area contributed by atoms with Crippen LogP contribution >= 0.6 is 11.8 Å². The number of fused-ring (bicyclic) bond motifs is 2. The van der Waals surface area contributed by atoms with Gasteiger partial charge in [-0.3, -0.25) is 0 Å². The second kappa shape index (κ2) is 5.01. The summed E-state index contributed by atoms with van der Waals surface area (Å²) in [6.07, 6.45) is 4.10. The zero-order valence-corrected chi connectivity index (χ0v) is 12.6. The van der Waals surface area contributed by atoms with E-state index in [4.69, 9.17) is 0 Å². The molecule has 0 bridgehead atoms. The highest BCUT2D eigenvalue weighted by atomic mass is 32.2. The van der Waals surface area contributed by atoms with Crippen LogP contribution in [0.15, 0.2) is 59.6 Å². The molecular weight excluding hydrogens is 276 g/mol. The minimum absolute atomic E-state index is 0.924. The molecule has 0 spiro atoms. The fourth-order valence-corrected chi connectivity index (χ4v) is 3.84. The zero-order valence-electron chi connectivity index (χ0n) is 11.8. The van der Waals surface area contributed by atoms with Gasteiger partial charge >= 0.3 is 0 Å². The van der Waals surface area contributed by atoms with E-state index >= 15 is 0 Å². The van der Waals surface area contributed by atoms with Crippen molar-refractivity contribution in [2.45, 2.75) is 11.8 Å². The van der Waals surface area contributed by atoms with E-state index < -0.39 is 0 Å². The fraction of sp³-hybridized carbons (Fsp3) is 0.111. The van der Waals surface area contributed by atoms with Gasteiger partial charge in [0.05, 0.1) is 5.56 Å². The van der Waals surface area contributed by atoms with Crippen molar-refractivity contribution in [1.29, 1.82) is 0 Å². The first-order chi connectivity index (χ1) is 10.3. The molecular formula is C18H15N2S+. The molecule has 2 nitrogen and oxygen atoms in total. The van der Waals surface area contributed by atoms with Crippen molar-refractivity contribution >= 4 is 34.6 Å². The molecule has 102 valence electrons. The Morgan fingerprint density at radius 1 is 1.05 bits per heavy atom. The minimum atomic E-state index is 0.924. The minimum Gasteiger partial charge on any atom is -0.249 e. The number of thioether (sulfide) groups is 1. The van der Waals surface area contributed by atoms with Gasteiger partial charge in [0.1, 0.15) is 5.52 Å². The van der Waals surface area contributed by atoms with E-state index in [1.807, 2.05) is 24.0 Å². The molecule has 0 unspecified atom stereocenters. The average Bonchev–Trinajstić information content (AvgIpc) is 2.54. The summed E-state index contributed by atoms with van der Waals surface area (Å²) in [5.74, 6) is 0.924. The number of hydrogen-bond acceptors (Lipinski definition) is 2. The van der Waals surface area contributed by atoms with Crippen molar-refractivity contribution in [2.75, 3.05) is 5.88 Å². The molecule has 0 fully saturated rings. The summed E-state index contributed by atoms with van der Waals surface area (Å²) in [4.78, 5) is 5.95. The normalized spacial score (nSPS) is 13.9. The number of nitrogens with zero attached hydrogens (tertiary/aromatic N) is 2. The van der Waals surface area contributed by atoms with E-state index in [2.05, 4.69) is 65.2 Å². The number of rotatable bonds is 1. The van der Waals surface area contributed by atoms with Crippen molar-refractivity contribution < 1.29 is 4.58 Å². The highest BCUT2D eigenvalue weighted by Gasteiger charge is 2.21. The zero-order chi connectivity index (χ0) is 14.2. The molecule has 2 heterocycles. The molecule has 0 saturated heterocycles. The van der Waals surface area contributed by atoms with Crippen molar-refractivity contribution in [3.8, 4) is 0 Å². The Balaban J connectivity index is 1.91. The van der Waals surface area contributed by atoms with Crippen LogP contribution in [-0.2, 0) is 0 Å². The number of aryl methyl sites for hydroxylation is 1. The van der Waals surface area contributed by atoms with Crippen LogP contribution in [0, 0.1) is 6.92 Å². The van der Waals surface area contributed by atoms with Gasteiger partial charge in [-0.1, -0.05) is 42.1 Å². The molecule has 2 aromatic carbocycles. The van der Waals surface area contributed by atoms with Gasteiger partial charge < -0.3 is 0 Å². The van der Waals surface area contributed by atoms with E-state index in [-0.39, 0.29) is 0 Å². The molecule has 0 N–H and O–H groups in total. The van der Waals surface area contributed by atoms with Crippen molar-refractivity contribution in [1.82, 2.24) is 4.98 Å². The first kappa shape index (κ1) is 12.6. The van der Waals surface area contributed by atoms with E-state index in [0.717, 1.165) is 11.4 Å². The first-order valence-electron chi connectivity index (χ1n) is 7.00. The number of benzene rings is 2. The Morgan fingerprint density at radius 2 is 1.90 bits per heavy atom. The van der Waals surface area contributed by atoms with Crippen LogP contribution in [0.3, 0.4) is 0 Å². The summed E-state index contributed by atoms with van der Waals surface area (Å²) in [7, 11) is 0. The van der Waals surface area contributed by atoms with E-state index in [0.29, 0.717) is 0 Å². The van der Waals surface area contributed by atoms with Gasteiger partial charge in [0.15, 0.2) is 12.1 Å². The standard InChI is InChI=1S/C18H15N2S/c1-13-5-2-7-15-11-20(12-21-18(13)15)16-9-3-6-14-8-4-10-19-17(14)16/h2-11H,12H2,1H3/q+1. The lowest BCUT2D eigenvalue weighted by atomic mass is 10.1. The van der Waals surface area contributed by atoms with Crippen molar-refractivity contribution in [3.05, 3.63) is 65.9 Å². The van der Waals surface area contributed by atoms with Crippen LogP contribution in [0.4, 0.5) is 5.69 Å². The van der Waals surface area contributed by atoms with Crippen LogP contribution < -0.4 is 0 Å². The monoisotopic (exact) mass is 291 g/mol. The van der Waals surface area contributed by atoms with Crippen molar-refractivity contribution in [3.63, 3.8) is 0 Å². The molecule has 3 aromatic rings. The third-order valence-corrected chi connectivity index (χ3v) is 5.06. The SMILES string of the molecule is Cc1cccc2c1SC[N+](c1cccc3cccnc13)=C2. The molecule has 0 radical (unpaired) electrons. The van der Waals surface area contributed by atoms with Gasteiger partial charge in [-0.05, 0) is 24.6 Å². The van der Waals surface area contributed by atoms with Gasteiger partial charge in [-0.2, -0.15) is 4.58 Å². The predicted octanol–water partition coefficient (Wildman–Crippen LogP) is 4.37. The van der Waals surface area contributed by atoms with Crippen LogP contribution in [0.25, 0.3) is 10.9 Å². The summed E-state index contributed by atoms with van der Waals surface area (Å²) in [5, 5.41) is 1.18. The van der Waals surface area contributed by atoms with Crippen LogP contribution in [-0.4, -0.2) is 21.7 Å². The lowest BCUT2D eigenvalue weighted by Gasteiger charge is -2.14. The van der Waals surface area contributed by atoms with E-state index in [1.165, 1.54) is 27.1 Å². The van der Waals surface area contributed by atoms with Gasteiger partial charge in [0.2, 0.25) is 5.69 Å². The second-order valence-electron chi connectivity index (χ2n) is 5.22. The summed E-state index contributed by atoms with van der Waals surface area (Å²) in [6.45, 7) is 2.18. The average molecular weight is 291 g/mol. The second-order valence-corrected chi connectivity index (χ2v) is 6.17. The Hall–Kier alpha value is -2.13. The third-order valence-electron chi connectivity index (χ3n) is 3.81. The highest BCUT2D eigenvalue weighted by molar-refractivity contribution is 7.99. The first-order valence-corrected chi connectivity index (χ1v) is 7.99. The summed E-state index contributed by atoms with van der Waals surface area (Å²) in [5.41, 5.74) is 4.88. The predicted molar refractivity (Wildman–Crippen MR) is 88.7 cm³/mol. The Morgan fingerprint density at radius 3 is 2.86 bits per heavy atom. The molecule has 3 heteroatoms. The molecule has 0 aliphatic carbocycles. The van der Waals surface area contributed by atoms with Gasteiger partial charge in [0, 0.05) is 22.5 Å². The maximum absolute atomic E-state index is 4.56. The van der Waals surface area contributed by atoms with Gasteiger partial charge in [-0.25, -0.2) is 4.98 Å². The van der Waals surface area contributed by atoms with Crippen LogP contribution in [0.5, 0.6) is 0 Å². The lowest BCUT2D eigenvalue weighted by Crippen LogP contribution is -2.13. The largest absolute Gasteiger partial charge is 0.249 e. The van der Waals surface area contributed by atoms with Crippen LogP contribution in [0.1, 0.15) is 11.1 Å². The van der Waals surface area contributed by atoms with E-state index in [1.54, 1.807) is 0 Å². The molecule has 1 aliphatic heterocycles.